The van der Waals surface area contributed by atoms with E-state index in [9.17, 15) is 0 Å². The second kappa shape index (κ2) is 11.0. The molecule has 3 N–H and O–H groups in total. The van der Waals surface area contributed by atoms with Crippen molar-refractivity contribution in [3.8, 4) is 0 Å². The Morgan fingerprint density at radius 3 is 1.81 bits per heavy atom. The van der Waals surface area contributed by atoms with Gasteiger partial charge < -0.3 is 15.5 Å². The van der Waals surface area contributed by atoms with Crippen LogP contribution < -0.4 is 5.73 Å². The molecule has 0 rings (SSSR count). The van der Waals surface area contributed by atoms with Crippen LogP contribution in [0.15, 0.2) is 0 Å². The van der Waals surface area contributed by atoms with E-state index < -0.39 is 0 Å². The van der Waals surface area contributed by atoms with Crippen molar-refractivity contribution in [2.24, 2.45) is 11.1 Å². The van der Waals surface area contributed by atoms with Gasteiger partial charge in [-0.25, -0.2) is 0 Å². The lowest BCUT2D eigenvalue weighted by atomic mass is 9.86. The van der Waals surface area contributed by atoms with Crippen molar-refractivity contribution >= 4 is 5.84 Å². The Bertz CT molecular complexity index is 272. The van der Waals surface area contributed by atoms with E-state index in [1.165, 1.54) is 32.5 Å². The smallest absolute Gasteiger partial charge is 0.0963 e. The molecule has 0 aliphatic rings. The van der Waals surface area contributed by atoms with E-state index >= 15 is 0 Å². The molecule has 0 fully saturated rings. The first kappa shape index (κ1) is 20.4. The summed E-state index contributed by atoms with van der Waals surface area (Å²) in [5.74, 6) is 0.314. The van der Waals surface area contributed by atoms with Crippen molar-refractivity contribution in [2.45, 2.75) is 60.3 Å². The van der Waals surface area contributed by atoms with Gasteiger partial charge in [-0.2, -0.15) is 0 Å². The van der Waals surface area contributed by atoms with E-state index in [0.29, 0.717) is 5.84 Å². The monoisotopic (exact) mass is 298 g/mol. The van der Waals surface area contributed by atoms with Gasteiger partial charge in [0.15, 0.2) is 0 Å². The van der Waals surface area contributed by atoms with Gasteiger partial charge in [0.05, 0.1) is 5.84 Å². The first-order chi connectivity index (χ1) is 9.87. The van der Waals surface area contributed by atoms with Crippen molar-refractivity contribution in [2.75, 3.05) is 39.3 Å². The van der Waals surface area contributed by atoms with Gasteiger partial charge in [0.1, 0.15) is 0 Å². The van der Waals surface area contributed by atoms with Crippen LogP contribution >= 0.6 is 0 Å². The minimum atomic E-state index is -0.139. The molecule has 0 bridgehead atoms. The van der Waals surface area contributed by atoms with Gasteiger partial charge in [0, 0.05) is 5.41 Å². The van der Waals surface area contributed by atoms with E-state index in [0.717, 1.165) is 32.5 Å². The lowest BCUT2D eigenvalue weighted by molar-refractivity contribution is 0.238. The van der Waals surface area contributed by atoms with Crippen molar-refractivity contribution < 1.29 is 0 Å². The molecule has 0 aliphatic carbocycles. The normalized spacial score (nSPS) is 12.3. The molecule has 0 aromatic heterocycles. The Balaban J connectivity index is 3.83. The summed E-state index contributed by atoms with van der Waals surface area (Å²) < 4.78 is 0. The van der Waals surface area contributed by atoms with Crippen molar-refractivity contribution in [1.29, 1.82) is 5.41 Å². The SMILES string of the molecule is CCN(CC)CCCN(CC)CCCCC(C)(C)C(=N)N. The van der Waals surface area contributed by atoms with Crippen LogP contribution in [0.25, 0.3) is 0 Å². The highest BCUT2D eigenvalue weighted by Gasteiger charge is 2.20. The van der Waals surface area contributed by atoms with E-state index in [4.69, 9.17) is 11.1 Å². The Morgan fingerprint density at radius 2 is 1.33 bits per heavy atom. The van der Waals surface area contributed by atoms with Crippen LogP contribution in [-0.4, -0.2) is 54.9 Å². The minimum absolute atomic E-state index is 0.139. The molecule has 0 aromatic carbocycles. The predicted molar refractivity (Wildman–Crippen MR) is 94.1 cm³/mol. The van der Waals surface area contributed by atoms with Crippen LogP contribution in [0.5, 0.6) is 0 Å². The topological polar surface area (TPSA) is 56.4 Å². The quantitative estimate of drug-likeness (QED) is 0.312. The summed E-state index contributed by atoms with van der Waals surface area (Å²) in [5.41, 5.74) is 5.49. The number of unbranched alkanes of at least 4 members (excludes halogenated alkanes) is 1. The fourth-order valence-corrected chi connectivity index (χ4v) is 2.52. The zero-order valence-electron chi connectivity index (χ0n) is 15.0. The molecule has 0 spiro atoms. The van der Waals surface area contributed by atoms with E-state index in [2.05, 4.69) is 44.4 Å². The van der Waals surface area contributed by atoms with Gasteiger partial charge >= 0.3 is 0 Å². The van der Waals surface area contributed by atoms with Crippen molar-refractivity contribution in [3.63, 3.8) is 0 Å². The fraction of sp³-hybridized carbons (Fsp3) is 0.941. The Morgan fingerprint density at radius 1 is 0.857 bits per heavy atom. The third-order valence-corrected chi connectivity index (χ3v) is 4.55. The Kier molecular flexibility index (Phi) is 10.7. The average molecular weight is 299 g/mol. The van der Waals surface area contributed by atoms with Crippen molar-refractivity contribution in [1.82, 2.24) is 9.80 Å². The summed E-state index contributed by atoms with van der Waals surface area (Å²) in [6.45, 7) is 17.9. The molecule has 0 heterocycles. The molecule has 0 saturated carbocycles. The molecule has 0 aliphatic heterocycles. The standard InChI is InChI=1S/C17H38N4/c1-6-20(7-2)14-11-15-21(8-3)13-10-9-12-17(4,5)16(18)19/h6-15H2,1-5H3,(H3,18,19). The lowest BCUT2D eigenvalue weighted by Gasteiger charge is -2.25. The highest BCUT2D eigenvalue weighted by atomic mass is 15.1. The molecule has 0 atom stereocenters. The van der Waals surface area contributed by atoms with Gasteiger partial charge in [0.2, 0.25) is 0 Å². The van der Waals surface area contributed by atoms with Crippen LogP contribution in [0, 0.1) is 10.8 Å². The molecule has 0 radical (unpaired) electrons. The third-order valence-electron chi connectivity index (χ3n) is 4.55. The molecular formula is C17H38N4. The molecule has 21 heavy (non-hydrogen) atoms. The summed E-state index contributed by atoms with van der Waals surface area (Å²) in [4.78, 5) is 5.04. The van der Waals surface area contributed by atoms with Crippen LogP contribution in [0.1, 0.15) is 60.3 Å². The first-order valence-electron chi connectivity index (χ1n) is 8.66. The maximum absolute atomic E-state index is 7.58. The highest BCUT2D eigenvalue weighted by molar-refractivity contribution is 5.82. The third kappa shape index (κ3) is 9.10. The number of nitrogens with two attached hydrogens (primary N) is 1. The van der Waals surface area contributed by atoms with Gasteiger partial charge in [-0.15, -0.1) is 0 Å². The molecule has 0 aromatic rings. The number of nitrogens with one attached hydrogen (secondary N) is 1. The Labute approximate surface area is 132 Å². The minimum Gasteiger partial charge on any atom is -0.387 e. The van der Waals surface area contributed by atoms with E-state index in [1.54, 1.807) is 0 Å². The largest absolute Gasteiger partial charge is 0.387 e. The zero-order chi connectivity index (χ0) is 16.3. The molecule has 0 amide bonds. The van der Waals surface area contributed by atoms with E-state index in [-0.39, 0.29) is 5.41 Å². The molecular weight excluding hydrogens is 260 g/mol. The van der Waals surface area contributed by atoms with Gasteiger partial charge in [-0.3, -0.25) is 5.41 Å². The molecule has 126 valence electrons. The maximum Gasteiger partial charge on any atom is 0.0963 e. The average Bonchev–Trinajstić information content (AvgIpc) is 2.45. The highest BCUT2D eigenvalue weighted by Crippen LogP contribution is 2.22. The van der Waals surface area contributed by atoms with Crippen LogP contribution in [-0.2, 0) is 0 Å². The summed E-state index contributed by atoms with van der Waals surface area (Å²) in [6.07, 6.45) is 4.63. The summed E-state index contributed by atoms with van der Waals surface area (Å²) >= 11 is 0. The first-order valence-corrected chi connectivity index (χ1v) is 8.66. The summed E-state index contributed by atoms with van der Waals surface area (Å²) in [5, 5.41) is 7.58. The van der Waals surface area contributed by atoms with Crippen LogP contribution in [0.4, 0.5) is 0 Å². The Hall–Kier alpha value is -0.610. The van der Waals surface area contributed by atoms with Gasteiger partial charge in [0.25, 0.3) is 0 Å². The maximum atomic E-state index is 7.58. The number of hydrogen-bond acceptors (Lipinski definition) is 3. The number of hydrogen-bond donors (Lipinski definition) is 2. The molecule has 0 unspecified atom stereocenters. The van der Waals surface area contributed by atoms with Crippen LogP contribution in [0.3, 0.4) is 0 Å². The predicted octanol–water partition coefficient (Wildman–Crippen LogP) is 3.17. The molecule has 4 heteroatoms. The van der Waals surface area contributed by atoms with Crippen molar-refractivity contribution in [3.05, 3.63) is 0 Å². The zero-order valence-corrected chi connectivity index (χ0v) is 15.0. The number of nitrogens with zero attached hydrogens (tertiary/aromatic N) is 2. The van der Waals surface area contributed by atoms with E-state index in [1.807, 2.05) is 0 Å². The number of amidine groups is 1. The summed E-state index contributed by atoms with van der Waals surface area (Å²) in [6, 6.07) is 0. The van der Waals surface area contributed by atoms with Gasteiger partial charge in [-0.1, -0.05) is 41.0 Å². The summed E-state index contributed by atoms with van der Waals surface area (Å²) in [7, 11) is 0. The second-order valence-electron chi connectivity index (χ2n) is 6.57. The second-order valence-corrected chi connectivity index (χ2v) is 6.57. The van der Waals surface area contributed by atoms with Crippen LogP contribution in [0.2, 0.25) is 0 Å². The van der Waals surface area contributed by atoms with Gasteiger partial charge in [-0.05, 0) is 58.5 Å². The fourth-order valence-electron chi connectivity index (χ4n) is 2.52. The molecule has 0 saturated heterocycles. The number of rotatable bonds is 13. The molecule has 4 nitrogen and oxygen atoms in total. The lowest BCUT2D eigenvalue weighted by Crippen LogP contribution is -2.32.